The molecule has 1 aromatic heterocycles. The molecule has 7 N–H and O–H groups in total. The second-order valence-corrected chi connectivity index (χ2v) is 10.9. The van der Waals surface area contributed by atoms with Gasteiger partial charge in [-0.05, 0) is 12.0 Å². The summed E-state index contributed by atoms with van der Waals surface area (Å²) in [6.07, 6.45) is 2.40. The molecule has 1 aromatic carbocycles. The molecule has 0 spiro atoms. The maximum Gasteiger partial charge on any atom is 0.330 e. The highest BCUT2D eigenvalue weighted by Gasteiger charge is 2.44. The number of aliphatic hydroxyl groups excluding tert-OH is 3. The highest BCUT2D eigenvalue weighted by atomic mass is 16.7. The summed E-state index contributed by atoms with van der Waals surface area (Å²) < 4.78 is 6.51. The second-order valence-electron chi connectivity index (χ2n) is 10.9. The molecule has 15 heteroatoms. The van der Waals surface area contributed by atoms with Gasteiger partial charge in [0.25, 0.3) is 5.56 Å². The van der Waals surface area contributed by atoms with Gasteiger partial charge in [-0.1, -0.05) is 75.8 Å². The molecule has 0 radical (unpaired) electrons. The Bertz CT molecular complexity index is 1290. The van der Waals surface area contributed by atoms with E-state index < -0.39 is 53.9 Å². The SMILES string of the molecule is CCCCCCCCCC(=O)NC(CC(=O)ONCONC[C@H]1O[C@@H](n2ccc(=O)[nH]c2=O)[C@H](O)[C@@H]1O)C(O)c1ccccc1. The fraction of sp³-hybridized carbons (Fsp3) is 0.600. The maximum atomic E-state index is 12.6. The van der Waals surface area contributed by atoms with Crippen LogP contribution >= 0.6 is 0 Å². The van der Waals surface area contributed by atoms with Gasteiger partial charge < -0.3 is 30.2 Å². The average molecular weight is 636 g/mol. The van der Waals surface area contributed by atoms with E-state index in [1.165, 1.54) is 19.3 Å². The number of hydrogen-bond donors (Lipinski definition) is 7. The Balaban J connectivity index is 1.39. The lowest BCUT2D eigenvalue weighted by Gasteiger charge is -2.24. The van der Waals surface area contributed by atoms with E-state index in [2.05, 4.69) is 23.2 Å². The van der Waals surface area contributed by atoms with Gasteiger partial charge in [0.05, 0.1) is 25.1 Å². The van der Waals surface area contributed by atoms with Gasteiger partial charge in [-0.3, -0.25) is 28.8 Å². The molecule has 45 heavy (non-hydrogen) atoms. The number of unbranched alkanes of at least 4 members (excludes halogenated alkanes) is 6. The number of H-pyrrole nitrogens is 1. The standard InChI is InChI=1S/C30H45N5O10/c1-2-3-4-5-6-7-11-14-23(36)33-21(26(39)20-12-9-8-10-13-20)17-25(38)45-32-19-43-31-18-22-27(40)28(41)29(44-22)35-16-15-24(37)34-30(35)42/h8-10,12-13,15-16,21-22,26-29,31-32,39-41H,2-7,11,14,17-19H2,1H3,(H,33,36)(H,34,37,42)/t21?,22-,26?,27-,28-,29-/m1/s1. The summed E-state index contributed by atoms with van der Waals surface area (Å²) >= 11 is 0. The van der Waals surface area contributed by atoms with Crippen molar-refractivity contribution >= 4 is 11.9 Å². The number of carbonyl (C=O) groups is 2. The number of ether oxygens (including phenoxy) is 1. The van der Waals surface area contributed by atoms with Gasteiger partial charge in [0.15, 0.2) is 13.0 Å². The lowest BCUT2D eigenvalue weighted by atomic mass is 9.99. The average Bonchev–Trinajstić information content (AvgIpc) is 3.30. The third kappa shape index (κ3) is 11.8. The van der Waals surface area contributed by atoms with Crippen molar-refractivity contribution in [3.8, 4) is 0 Å². The van der Waals surface area contributed by atoms with Crippen LogP contribution in [0, 0.1) is 0 Å². The minimum absolute atomic E-state index is 0.113. The molecule has 2 heterocycles. The Morgan fingerprint density at radius 1 is 1.00 bits per heavy atom. The minimum atomic E-state index is -1.45. The first kappa shape index (κ1) is 36.0. The van der Waals surface area contributed by atoms with Crippen molar-refractivity contribution in [1.29, 1.82) is 0 Å². The van der Waals surface area contributed by atoms with Crippen LogP contribution in [0.2, 0.25) is 0 Å². The number of hydroxylamine groups is 2. The topological polar surface area (TPSA) is 213 Å². The number of rotatable bonds is 20. The molecule has 1 aliphatic heterocycles. The van der Waals surface area contributed by atoms with Gasteiger partial charge >= 0.3 is 11.7 Å². The summed E-state index contributed by atoms with van der Waals surface area (Å²) in [5.41, 5.74) is 3.94. The molecule has 0 aliphatic carbocycles. The summed E-state index contributed by atoms with van der Waals surface area (Å²) in [6.45, 7) is 1.73. The van der Waals surface area contributed by atoms with Gasteiger partial charge in [0.1, 0.15) is 18.3 Å². The number of aliphatic hydroxyl groups is 3. The van der Waals surface area contributed by atoms with Crippen LogP contribution < -0.4 is 27.5 Å². The predicted octanol–water partition coefficient (Wildman–Crippen LogP) is 0.432. The minimum Gasteiger partial charge on any atom is -0.387 e. The first-order valence-electron chi connectivity index (χ1n) is 15.3. The van der Waals surface area contributed by atoms with Gasteiger partial charge in [-0.15, -0.1) is 5.48 Å². The van der Waals surface area contributed by atoms with E-state index in [9.17, 15) is 34.5 Å². The molecule has 1 saturated heterocycles. The summed E-state index contributed by atoms with van der Waals surface area (Å²) in [4.78, 5) is 60.6. The molecule has 0 saturated carbocycles. The van der Waals surface area contributed by atoms with Crippen molar-refractivity contribution in [2.24, 2.45) is 0 Å². The first-order valence-corrected chi connectivity index (χ1v) is 15.3. The number of nitrogens with zero attached hydrogens (tertiary/aromatic N) is 1. The molecule has 1 amide bonds. The smallest absolute Gasteiger partial charge is 0.330 e. The van der Waals surface area contributed by atoms with E-state index in [0.29, 0.717) is 5.56 Å². The molecule has 1 fully saturated rings. The van der Waals surface area contributed by atoms with Gasteiger partial charge in [-0.2, -0.15) is 5.48 Å². The molecule has 2 unspecified atom stereocenters. The van der Waals surface area contributed by atoms with Crippen LogP contribution in [0.3, 0.4) is 0 Å². The largest absolute Gasteiger partial charge is 0.387 e. The summed E-state index contributed by atoms with van der Waals surface area (Å²) in [5.74, 6) is -1.01. The number of nitrogens with one attached hydrogen (secondary N) is 4. The fourth-order valence-corrected chi connectivity index (χ4v) is 4.95. The Hall–Kier alpha value is -3.44. The van der Waals surface area contributed by atoms with Crippen LogP contribution in [0.5, 0.6) is 0 Å². The molecule has 15 nitrogen and oxygen atoms in total. The van der Waals surface area contributed by atoms with Gasteiger partial charge in [0, 0.05) is 18.7 Å². The van der Waals surface area contributed by atoms with Crippen LogP contribution in [0.4, 0.5) is 0 Å². The lowest BCUT2D eigenvalue weighted by molar-refractivity contribution is -0.160. The van der Waals surface area contributed by atoms with E-state index in [0.717, 1.165) is 42.5 Å². The zero-order valence-corrected chi connectivity index (χ0v) is 25.4. The molecule has 6 atom stereocenters. The van der Waals surface area contributed by atoms with Crippen molar-refractivity contribution in [3.63, 3.8) is 0 Å². The number of aromatic nitrogens is 2. The quantitative estimate of drug-likeness (QED) is 0.0600. The number of aromatic amines is 1. The highest BCUT2D eigenvalue weighted by Crippen LogP contribution is 2.27. The lowest BCUT2D eigenvalue weighted by Crippen LogP contribution is -2.42. The van der Waals surface area contributed by atoms with Crippen molar-refractivity contribution in [3.05, 3.63) is 69.0 Å². The summed E-state index contributed by atoms with van der Waals surface area (Å²) in [5, 5.41) is 34.3. The van der Waals surface area contributed by atoms with Crippen LogP contribution in [0.25, 0.3) is 0 Å². The first-order chi connectivity index (χ1) is 21.7. The maximum absolute atomic E-state index is 12.6. The normalized spacial score (nSPS) is 20.9. The van der Waals surface area contributed by atoms with Crippen LogP contribution in [0.15, 0.2) is 52.2 Å². The third-order valence-electron chi connectivity index (χ3n) is 7.43. The Morgan fingerprint density at radius 2 is 1.71 bits per heavy atom. The number of benzene rings is 1. The van der Waals surface area contributed by atoms with Crippen LogP contribution in [0.1, 0.15) is 82.6 Å². The number of hydrogen-bond acceptors (Lipinski definition) is 12. The van der Waals surface area contributed by atoms with Crippen molar-refractivity contribution in [1.82, 2.24) is 25.8 Å². The highest BCUT2D eigenvalue weighted by molar-refractivity contribution is 5.77. The molecular formula is C30H45N5O10. The van der Waals surface area contributed by atoms with Crippen LogP contribution in [-0.2, 0) is 24.0 Å². The van der Waals surface area contributed by atoms with Crippen molar-refractivity contribution in [2.75, 3.05) is 13.3 Å². The molecule has 250 valence electrons. The van der Waals surface area contributed by atoms with E-state index in [1.54, 1.807) is 30.3 Å². The van der Waals surface area contributed by atoms with Gasteiger partial charge in [-0.25, -0.2) is 4.79 Å². The monoisotopic (exact) mass is 635 g/mol. The number of amides is 1. The number of carbonyl (C=O) groups excluding carboxylic acids is 2. The van der Waals surface area contributed by atoms with Crippen molar-refractivity contribution < 1.29 is 39.3 Å². The Morgan fingerprint density at radius 3 is 2.42 bits per heavy atom. The molecule has 1 aliphatic rings. The summed E-state index contributed by atoms with van der Waals surface area (Å²) in [7, 11) is 0. The zero-order chi connectivity index (χ0) is 32.6. The summed E-state index contributed by atoms with van der Waals surface area (Å²) in [6, 6.07) is 8.86. The van der Waals surface area contributed by atoms with Crippen molar-refractivity contribution in [2.45, 2.75) is 101 Å². The third-order valence-corrected chi connectivity index (χ3v) is 7.43. The molecule has 0 bridgehead atoms. The van der Waals surface area contributed by atoms with E-state index in [4.69, 9.17) is 14.4 Å². The Labute approximate surface area is 260 Å². The molecule has 3 rings (SSSR count). The fourth-order valence-electron chi connectivity index (χ4n) is 4.95. The second kappa shape index (κ2) is 19.2. The van der Waals surface area contributed by atoms with E-state index in [1.807, 2.05) is 4.98 Å². The van der Waals surface area contributed by atoms with E-state index >= 15 is 0 Å². The molecular weight excluding hydrogens is 590 g/mol. The predicted molar refractivity (Wildman–Crippen MR) is 161 cm³/mol. The molecule has 2 aromatic rings. The van der Waals surface area contributed by atoms with Crippen LogP contribution in [-0.4, -0.2) is 74.4 Å². The zero-order valence-electron chi connectivity index (χ0n) is 25.4. The van der Waals surface area contributed by atoms with E-state index in [-0.39, 0.29) is 32.0 Å². The Kier molecular flexibility index (Phi) is 15.3. The van der Waals surface area contributed by atoms with Gasteiger partial charge in [0.2, 0.25) is 5.91 Å².